The molecule has 0 saturated heterocycles. The molecular formula is C20H26N2O3. The summed E-state index contributed by atoms with van der Waals surface area (Å²) in [5, 5.41) is 3.57. The fraction of sp³-hybridized carbons (Fsp3) is 0.400. The fourth-order valence-electron chi connectivity index (χ4n) is 3.34. The van der Waals surface area contributed by atoms with Gasteiger partial charge in [-0.15, -0.1) is 0 Å². The van der Waals surface area contributed by atoms with Crippen molar-refractivity contribution < 1.29 is 14.2 Å². The van der Waals surface area contributed by atoms with E-state index in [4.69, 9.17) is 14.2 Å². The number of fused-ring (bicyclic) bond motifs is 1. The van der Waals surface area contributed by atoms with E-state index in [0.717, 1.165) is 24.3 Å². The molecule has 5 heteroatoms. The largest absolute Gasteiger partial charge is 0.493 e. The lowest BCUT2D eigenvalue weighted by atomic mass is 10.1. The van der Waals surface area contributed by atoms with Crippen LogP contribution in [0.1, 0.15) is 29.7 Å². The molecule has 1 N–H and O–H groups in total. The molecule has 0 bridgehead atoms. The third-order valence-corrected chi connectivity index (χ3v) is 4.66. The maximum absolute atomic E-state index is 5.45. The third-order valence-electron chi connectivity index (χ3n) is 4.66. The quantitative estimate of drug-likeness (QED) is 0.864. The first-order valence-electron chi connectivity index (χ1n) is 8.42. The summed E-state index contributed by atoms with van der Waals surface area (Å²) >= 11 is 0. The van der Waals surface area contributed by atoms with Gasteiger partial charge in [-0.3, -0.25) is 4.90 Å². The van der Waals surface area contributed by atoms with Crippen LogP contribution < -0.4 is 19.5 Å². The van der Waals surface area contributed by atoms with Crippen LogP contribution in [0.5, 0.6) is 17.2 Å². The van der Waals surface area contributed by atoms with Gasteiger partial charge in [0.25, 0.3) is 0 Å². The van der Waals surface area contributed by atoms with E-state index in [2.05, 4.69) is 42.4 Å². The van der Waals surface area contributed by atoms with Crippen molar-refractivity contribution >= 4 is 5.69 Å². The molecule has 0 radical (unpaired) electrons. The van der Waals surface area contributed by atoms with Gasteiger partial charge in [0.15, 0.2) is 11.5 Å². The molecule has 1 atom stereocenters. The molecule has 0 saturated carbocycles. The summed E-state index contributed by atoms with van der Waals surface area (Å²) in [4.78, 5) is 2.32. The highest BCUT2D eigenvalue weighted by atomic mass is 16.5. The molecule has 25 heavy (non-hydrogen) atoms. The number of ether oxygens (including phenoxy) is 3. The minimum absolute atomic E-state index is 0.103. The Bertz CT molecular complexity index is 736. The normalized spacial score (nSPS) is 14.8. The van der Waals surface area contributed by atoms with E-state index in [1.165, 1.54) is 11.1 Å². The van der Waals surface area contributed by atoms with Crippen LogP contribution in [0.4, 0.5) is 5.69 Å². The summed E-state index contributed by atoms with van der Waals surface area (Å²) in [5.41, 5.74) is 5.00. The van der Waals surface area contributed by atoms with Gasteiger partial charge in [-0.2, -0.15) is 0 Å². The van der Waals surface area contributed by atoms with Crippen molar-refractivity contribution in [1.82, 2.24) is 4.90 Å². The Morgan fingerprint density at radius 2 is 1.56 bits per heavy atom. The lowest BCUT2D eigenvalue weighted by Crippen LogP contribution is -2.08. The molecule has 0 fully saturated rings. The Kier molecular flexibility index (Phi) is 5.04. The van der Waals surface area contributed by atoms with Crippen molar-refractivity contribution in [3.63, 3.8) is 0 Å². The maximum Gasteiger partial charge on any atom is 0.203 e. The number of rotatable bonds is 6. The number of nitrogens with zero attached hydrogens (tertiary/aromatic N) is 1. The van der Waals surface area contributed by atoms with Crippen molar-refractivity contribution in [2.45, 2.75) is 26.1 Å². The fourth-order valence-corrected chi connectivity index (χ4v) is 3.34. The summed E-state index contributed by atoms with van der Waals surface area (Å²) in [7, 11) is 7.03. The van der Waals surface area contributed by atoms with Crippen molar-refractivity contribution in [3.05, 3.63) is 47.0 Å². The van der Waals surface area contributed by atoms with Crippen LogP contribution in [0.3, 0.4) is 0 Å². The summed E-state index contributed by atoms with van der Waals surface area (Å²) in [6.45, 7) is 4.15. The van der Waals surface area contributed by atoms with E-state index in [0.29, 0.717) is 17.2 Å². The first-order chi connectivity index (χ1) is 12.0. The first kappa shape index (κ1) is 17.4. The van der Waals surface area contributed by atoms with E-state index in [1.54, 1.807) is 21.3 Å². The van der Waals surface area contributed by atoms with Crippen LogP contribution in [-0.2, 0) is 13.1 Å². The molecule has 5 nitrogen and oxygen atoms in total. The monoisotopic (exact) mass is 342 g/mol. The Balaban J connectivity index is 1.84. The zero-order valence-corrected chi connectivity index (χ0v) is 15.6. The Morgan fingerprint density at radius 1 is 0.920 bits per heavy atom. The van der Waals surface area contributed by atoms with Crippen LogP contribution in [-0.4, -0.2) is 33.3 Å². The van der Waals surface area contributed by atoms with Gasteiger partial charge >= 0.3 is 0 Å². The predicted molar refractivity (Wildman–Crippen MR) is 99.7 cm³/mol. The number of benzene rings is 2. The highest BCUT2D eigenvalue weighted by molar-refractivity contribution is 5.56. The van der Waals surface area contributed by atoms with Crippen LogP contribution >= 0.6 is 0 Å². The molecule has 0 amide bonds. The minimum Gasteiger partial charge on any atom is -0.493 e. The second-order valence-electron chi connectivity index (χ2n) is 6.48. The van der Waals surface area contributed by atoms with Crippen LogP contribution in [0.2, 0.25) is 0 Å². The Hall–Kier alpha value is -2.40. The SMILES string of the molecule is COc1cc(C(C)Nc2ccc3c(c2)CN(C)C3)cc(OC)c1OC. The van der Waals surface area contributed by atoms with Crippen LogP contribution in [0.15, 0.2) is 30.3 Å². The lowest BCUT2D eigenvalue weighted by molar-refractivity contribution is 0.323. The van der Waals surface area contributed by atoms with Crippen molar-refractivity contribution in [3.8, 4) is 17.2 Å². The number of nitrogens with one attached hydrogen (secondary N) is 1. The van der Waals surface area contributed by atoms with Crippen molar-refractivity contribution in [1.29, 1.82) is 0 Å². The first-order valence-corrected chi connectivity index (χ1v) is 8.42. The Labute approximate surface area is 149 Å². The molecule has 0 spiro atoms. The van der Waals surface area contributed by atoms with Gasteiger partial charge in [0.2, 0.25) is 5.75 Å². The van der Waals surface area contributed by atoms with E-state index in [9.17, 15) is 0 Å². The van der Waals surface area contributed by atoms with Gasteiger partial charge in [0, 0.05) is 24.8 Å². The maximum atomic E-state index is 5.45. The van der Waals surface area contributed by atoms with Gasteiger partial charge < -0.3 is 19.5 Å². The third kappa shape index (κ3) is 3.51. The molecule has 1 aliphatic heterocycles. The van der Waals surface area contributed by atoms with Gasteiger partial charge in [-0.25, -0.2) is 0 Å². The van der Waals surface area contributed by atoms with E-state index < -0.39 is 0 Å². The molecule has 2 aromatic rings. The average Bonchev–Trinajstić information content (AvgIpc) is 2.99. The molecule has 1 heterocycles. The molecule has 134 valence electrons. The molecule has 0 aromatic heterocycles. The average molecular weight is 342 g/mol. The second-order valence-corrected chi connectivity index (χ2v) is 6.48. The lowest BCUT2D eigenvalue weighted by Gasteiger charge is -2.20. The summed E-state index contributed by atoms with van der Waals surface area (Å²) < 4.78 is 16.3. The van der Waals surface area contributed by atoms with Crippen LogP contribution in [0, 0.1) is 0 Å². The predicted octanol–water partition coefficient (Wildman–Crippen LogP) is 3.83. The topological polar surface area (TPSA) is 43.0 Å². The summed E-state index contributed by atoms with van der Waals surface area (Å²) in [6, 6.07) is 10.7. The molecular weight excluding hydrogens is 316 g/mol. The van der Waals surface area contributed by atoms with Crippen molar-refractivity contribution in [2.24, 2.45) is 0 Å². The van der Waals surface area contributed by atoms with Crippen molar-refractivity contribution in [2.75, 3.05) is 33.7 Å². The summed E-state index contributed by atoms with van der Waals surface area (Å²) in [5.74, 6) is 1.95. The van der Waals surface area contributed by atoms with Gasteiger partial charge in [-0.1, -0.05) is 6.07 Å². The molecule has 3 rings (SSSR count). The number of methoxy groups -OCH3 is 3. The summed E-state index contributed by atoms with van der Waals surface area (Å²) in [6.07, 6.45) is 0. The standard InChI is InChI=1S/C20H26N2O3/c1-13(15-9-18(23-3)20(25-5)19(10-15)24-4)21-17-7-6-14-11-22(2)12-16(14)8-17/h6-10,13,21H,11-12H2,1-5H3. The number of hydrogen-bond acceptors (Lipinski definition) is 5. The number of anilines is 1. The van der Waals surface area contributed by atoms with E-state index >= 15 is 0 Å². The van der Waals surface area contributed by atoms with Gasteiger partial charge in [-0.05, 0) is 54.9 Å². The zero-order chi connectivity index (χ0) is 18.0. The number of hydrogen-bond donors (Lipinski definition) is 1. The Morgan fingerprint density at radius 3 is 2.16 bits per heavy atom. The molecule has 1 unspecified atom stereocenters. The van der Waals surface area contributed by atoms with Crippen LogP contribution in [0.25, 0.3) is 0 Å². The highest BCUT2D eigenvalue weighted by Crippen LogP contribution is 2.40. The second kappa shape index (κ2) is 7.23. The minimum atomic E-state index is 0.103. The molecule has 0 aliphatic carbocycles. The van der Waals surface area contributed by atoms with E-state index in [-0.39, 0.29) is 6.04 Å². The zero-order valence-electron chi connectivity index (χ0n) is 15.6. The van der Waals surface area contributed by atoms with Gasteiger partial charge in [0.1, 0.15) is 0 Å². The van der Waals surface area contributed by atoms with Gasteiger partial charge in [0.05, 0.1) is 21.3 Å². The van der Waals surface area contributed by atoms with E-state index in [1.807, 2.05) is 12.1 Å². The highest BCUT2D eigenvalue weighted by Gasteiger charge is 2.18. The smallest absolute Gasteiger partial charge is 0.203 e. The molecule has 1 aliphatic rings. The molecule has 2 aromatic carbocycles.